The van der Waals surface area contributed by atoms with Gasteiger partial charge in [0.05, 0.1) is 28.5 Å². The molecular formula is C28H25F3O4S2. The Kier molecular flexibility index (Phi) is 9.07. The van der Waals surface area contributed by atoms with E-state index in [1.165, 1.54) is 25.8 Å². The van der Waals surface area contributed by atoms with Crippen molar-refractivity contribution in [3.63, 3.8) is 0 Å². The maximum Gasteiger partial charge on any atom is 0.416 e. The van der Waals surface area contributed by atoms with Gasteiger partial charge >= 0.3 is 6.18 Å². The van der Waals surface area contributed by atoms with E-state index in [1.54, 1.807) is 7.11 Å². The molecule has 0 spiro atoms. The molecule has 4 aromatic carbocycles. The molecule has 0 bridgehead atoms. The van der Waals surface area contributed by atoms with E-state index in [0.29, 0.717) is 24.3 Å². The number of benzene rings is 4. The van der Waals surface area contributed by atoms with Gasteiger partial charge in [0, 0.05) is 12.1 Å². The molecule has 0 aliphatic carbocycles. The van der Waals surface area contributed by atoms with Gasteiger partial charge in [-0.2, -0.15) is 13.2 Å². The second kappa shape index (κ2) is 11.9. The van der Waals surface area contributed by atoms with Crippen LogP contribution in [-0.2, 0) is 27.2 Å². The van der Waals surface area contributed by atoms with Crippen LogP contribution in [0.5, 0.6) is 5.75 Å². The lowest BCUT2D eigenvalue weighted by Gasteiger charge is -2.12. The van der Waals surface area contributed by atoms with E-state index in [0.717, 1.165) is 5.75 Å². The first-order chi connectivity index (χ1) is 17.4. The highest BCUT2D eigenvalue weighted by Crippen LogP contribution is 2.35. The molecule has 0 aromatic heterocycles. The molecule has 37 heavy (non-hydrogen) atoms. The van der Waals surface area contributed by atoms with Gasteiger partial charge in [-0.3, -0.25) is 0 Å². The Labute approximate surface area is 217 Å². The third-order valence-corrected chi connectivity index (χ3v) is 8.35. The Morgan fingerprint density at radius 1 is 0.730 bits per heavy atom. The predicted molar refractivity (Wildman–Crippen MR) is 137 cm³/mol. The van der Waals surface area contributed by atoms with Crippen LogP contribution in [0.2, 0.25) is 0 Å². The van der Waals surface area contributed by atoms with Gasteiger partial charge in [0.15, 0.2) is 14.7 Å². The standard InChI is InChI=1S/C21H21OS.C7H5F3O3S/c1-16-14-20(15-17(2)21(16)22-3)23(18-10-6-4-7-11-18)19-12-8-5-9-13-19;8-7(9,10)5-1-3-6(4-2-5)14(11,12)13/h4-15H,1-3H3;1-4H,(H,11,12,13)/q+1;/p-1. The highest BCUT2D eigenvalue weighted by Gasteiger charge is 2.30. The fourth-order valence-corrected chi connectivity index (χ4v) is 6.42. The summed E-state index contributed by atoms with van der Waals surface area (Å²) in [5, 5.41) is 0. The van der Waals surface area contributed by atoms with Crippen molar-refractivity contribution in [2.45, 2.75) is 39.6 Å². The second-order valence-corrected chi connectivity index (χ2v) is 11.4. The Bertz CT molecular complexity index is 1360. The Balaban J connectivity index is 0.000000233. The number of ether oxygens (including phenoxy) is 1. The van der Waals surface area contributed by atoms with E-state index in [-0.39, 0.29) is 10.9 Å². The van der Waals surface area contributed by atoms with Crippen LogP contribution in [0, 0.1) is 13.8 Å². The number of halogens is 3. The van der Waals surface area contributed by atoms with Crippen molar-refractivity contribution in [2.24, 2.45) is 0 Å². The summed E-state index contributed by atoms with van der Waals surface area (Å²) in [5.74, 6) is 0.985. The van der Waals surface area contributed by atoms with Crippen LogP contribution < -0.4 is 4.74 Å². The molecule has 0 radical (unpaired) electrons. The maximum atomic E-state index is 12.0. The van der Waals surface area contributed by atoms with Gasteiger partial charge in [-0.1, -0.05) is 36.4 Å². The van der Waals surface area contributed by atoms with Gasteiger partial charge in [0.1, 0.15) is 15.9 Å². The first-order valence-corrected chi connectivity index (χ1v) is 13.7. The molecule has 9 heteroatoms. The van der Waals surface area contributed by atoms with Crippen LogP contribution in [0.15, 0.2) is 117 Å². The Hall–Kier alpha value is -3.27. The lowest BCUT2D eigenvalue weighted by atomic mass is 10.1. The molecule has 0 heterocycles. The molecule has 0 atom stereocenters. The van der Waals surface area contributed by atoms with Crippen LogP contribution in [0.1, 0.15) is 16.7 Å². The summed E-state index contributed by atoms with van der Waals surface area (Å²) in [6, 6.07) is 28.3. The molecule has 0 aliphatic rings. The van der Waals surface area contributed by atoms with Crippen LogP contribution in [0.4, 0.5) is 13.2 Å². The third kappa shape index (κ3) is 7.38. The van der Waals surface area contributed by atoms with Gasteiger partial charge < -0.3 is 9.29 Å². The first-order valence-electron chi connectivity index (χ1n) is 11.0. The molecule has 4 aromatic rings. The topological polar surface area (TPSA) is 66.4 Å². The molecule has 0 aliphatic heterocycles. The number of alkyl halides is 3. The third-order valence-electron chi connectivity index (χ3n) is 5.30. The molecule has 0 unspecified atom stereocenters. The van der Waals surface area contributed by atoms with E-state index in [4.69, 9.17) is 4.74 Å². The first kappa shape index (κ1) is 28.3. The summed E-state index contributed by atoms with van der Waals surface area (Å²) in [4.78, 5) is 3.33. The summed E-state index contributed by atoms with van der Waals surface area (Å²) in [7, 11) is -3.04. The SMILES string of the molecule is COc1c(C)cc([S+](c2ccccc2)c2ccccc2)cc1C.O=S(=O)([O-])c1ccc(C(F)(F)F)cc1. The van der Waals surface area contributed by atoms with Crippen LogP contribution in [-0.4, -0.2) is 20.1 Å². The zero-order chi connectivity index (χ0) is 27.2. The maximum absolute atomic E-state index is 12.0. The second-order valence-electron chi connectivity index (χ2n) is 8.00. The summed E-state index contributed by atoms with van der Waals surface area (Å²) < 4.78 is 72.6. The zero-order valence-electron chi connectivity index (χ0n) is 20.3. The number of rotatable bonds is 5. The average molecular weight is 547 g/mol. The molecular weight excluding hydrogens is 521 g/mol. The molecule has 0 N–H and O–H groups in total. The molecule has 4 rings (SSSR count). The number of aryl methyl sites for hydroxylation is 2. The normalized spacial score (nSPS) is 11.6. The number of hydrogen-bond donors (Lipinski definition) is 0. The van der Waals surface area contributed by atoms with Crippen molar-refractivity contribution in [3.8, 4) is 5.75 Å². The lowest BCUT2D eigenvalue weighted by Crippen LogP contribution is -2.06. The van der Waals surface area contributed by atoms with E-state index in [2.05, 4.69) is 86.6 Å². The van der Waals surface area contributed by atoms with Gasteiger partial charge in [-0.15, -0.1) is 0 Å². The predicted octanol–water partition coefficient (Wildman–Crippen LogP) is 7.02. The summed E-state index contributed by atoms with van der Waals surface area (Å²) >= 11 is 0. The molecule has 0 saturated heterocycles. The minimum absolute atomic E-state index is 0.101. The fourth-order valence-electron chi connectivity index (χ4n) is 3.68. The molecule has 0 fully saturated rings. The van der Waals surface area contributed by atoms with Crippen LogP contribution in [0.3, 0.4) is 0 Å². The van der Waals surface area contributed by atoms with Crippen LogP contribution in [0.25, 0.3) is 0 Å². The quantitative estimate of drug-likeness (QED) is 0.199. The minimum atomic E-state index is -4.68. The van der Waals surface area contributed by atoms with Crippen molar-refractivity contribution in [2.75, 3.05) is 7.11 Å². The van der Waals surface area contributed by atoms with Crippen molar-refractivity contribution in [1.82, 2.24) is 0 Å². The molecule has 0 amide bonds. The van der Waals surface area contributed by atoms with Crippen molar-refractivity contribution >= 4 is 21.0 Å². The van der Waals surface area contributed by atoms with Crippen molar-refractivity contribution in [1.29, 1.82) is 0 Å². The van der Waals surface area contributed by atoms with Crippen molar-refractivity contribution < 1.29 is 30.9 Å². The van der Waals surface area contributed by atoms with E-state index < -0.39 is 26.8 Å². The number of hydrogen-bond acceptors (Lipinski definition) is 4. The highest BCUT2D eigenvalue weighted by atomic mass is 32.2. The Morgan fingerprint density at radius 3 is 1.51 bits per heavy atom. The minimum Gasteiger partial charge on any atom is -0.744 e. The van der Waals surface area contributed by atoms with E-state index >= 15 is 0 Å². The molecule has 0 saturated carbocycles. The van der Waals surface area contributed by atoms with Crippen LogP contribution >= 0.6 is 0 Å². The van der Waals surface area contributed by atoms with E-state index in [9.17, 15) is 26.1 Å². The summed E-state index contributed by atoms with van der Waals surface area (Å²) in [6.45, 7) is 4.24. The number of methoxy groups -OCH3 is 1. The molecule has 194 valence electrons. The Morgan fingerprint density at radius 2 is 1.16 bits per heavy atom. The highest BCUT2D eigenvalue weighted by molar-refractivity contribution is 7.97. The summed E-state index contributed by atoms with van der Waals surface area (Å²) in [6.07, 6.45) is -4.54. The van der Waals surface area contributed by atoms with Crippen molar-refractivity contribution in [3.05, 3.63) is 114 Å². The monoisotopic (exact) mass is 546 g/mol. The largest absolute Gasteiger partial charge is 0.744 e. The van der Waals surface area contributed by atoms with Gasteiger partial charge in [-0.25, -0.2) is 8.42 Å². The molecule has 4 nitrogen and oxygen atoms in total. The average Bonchev–Trinajstić information content (AvgIpc) is 2.85. The van der Waals surface area contributed by atoms with Gasteiger partial charge in [0.2, 0.25) is 0 Å². The van der Waals surface area contributed by atoms with Gasteiger partial charge in [0.25, 0.3) is 0 Å². The van der Waals surface area contributed by atoms with E-state index in [1.807, 2.05) is 0 Å². The smallest absolute Gasteiger partial charge is 0.416 e. The zero-order valence-corrected chi connectivity index (χ0v) is 22.0. The lowest BCUT2D eigenvalue weighted by molar-refractivity contribution is -0.137. The van der Waals surface area contributed by atoms with Gasteiger partial charge in [-0.05, 0) is 73.5 Å². The summed E-state index contributed by atoms with van der Waals surface area (Å²) in [5.41, 5.74) is 1.38. The fraction of sp³-hybridized carbons (Fsp3) is 0.143.